The number of rotatable bonds is 7. The molecule has 0 N–H and O–H groups in total. The van der Waals surface area contributed by atoms with Crippen molar-refractivity contribution in [2.75, 3.05) is 39.5 Å². The third-order valence-corrected chi connectivity index (χ3v) is 6.10. The van der Waals surface area contributed by atoms with Crippen molar-refractivity contribution < 1.29 is 27.4 Å². The zero-order valence-electron chi connectivity index (χ0n) is 15.8. The molecule has 1 fully saturated rings. The quantitative estimate of drug-likeness (QED) is 0.453. The van der Waals surface area contributed by atoms with Gasteiger partial charge in [0.15, 0.2) is 5.69 Å². The van der Waals surface area contributed by atoms with Crippen LogP contribution in [0.15, 0.2) is 46.1 Å². The highest BCUT2D eigenvalue weighted by Gasteiger charge is 2.26. The molecule has 0 atom stereocenters. The molecule has 0 aliphatic carbocycles. The summed E-state index contributed by atoms with van der Waals surface area (Å²) in [4.78, 5) is 23.3. The highest BCUT2D eigenvalue weighted by Crippen LogP contribution is 2.20. The van der Waals surface area contributed by atoms with Crippen LogP contribution >= 0.6 is 0 Å². The number of nitrogens with zero attached hydrogens (tertiary/aromatic N) is 3. The van der Waals surface area contributed by atoms with Gasteiger partial charge < -0.3 is 14.2 Å². The van der Waals surface area contributed by atoms with Gasteiger partial charge in [-0.25, -0.2) is 17.9 Å². The molecule has 1 saturated heterocycles. The largest absolute Gasteiger partial charge is 0.490 e. The summed E-state index contributed by atoms with van der Waals surface area (Å²) in [5.41, 5.74) is -0.311. The summed E-state index contributed by atoms with van der Waals surface area (Å²) in [5.74, 6) is -0.224. The summed E-state index contributed by atoms with van der Waals surface area (Å²) in [5, 5.41) is 3.80. The summed E-state index contributed by atoms with van der Waals surface area (Å²) in [6.07, 6.45) is 0. The summed E-state index contributed by atoms with van der Waals surface area (Å²) < 4.78 is 43.2. The molecule has 1 aliphatic heterocycles. The molecule has 0 bridgehead atoms. The molecule has 0 unspecified atom stereocenters. The molecular formula is C18H21N3O7S. The van der Waals surface area contributed by atoms with Gasteiger partial charge in [0.1, 0.15) is 19.0 Å². The maximum atomic E-state index is 12.6. The fraction of sp³-hybridized carbons (Fsp3) is 0.389. The number of benzene rings is 1. The van der Waals surface area contributed by atoms with Crippen molar-refractivity contribution in [1.82, 2.24) is 14.1 Å². The van der Waals surface area contributed by atoms with Crippen LogP contribution in [-0.2, 0) is 26.5 Å². The normalized spacial score (nSPS) is 15.1. The van der Waals surface area contributed by atoms with E-state index in [9.17, 15) is 18.0 Å². The predicted octanol–water partition coefficient (Wildman–Crippen LogP) is 0.0370. The van der Waals surface area contributed by atoms with E-state index >= 15 is 0 Å². The molecule has 0 radical (unpaired) electrons. The molecule has 1 aromatic carbocycles. The van der Waals surface area contributed by atoms with E-state index in [0.29, 0.717) is 32.1 Å². The van der Waals surface area contributed by atoms with Crippen LogP contribution < -0.4 is 10.3 Å². The molecule has 0 amide bonds. The minimum atomic E-state index is -3.56. The Morgan fingerprint density at radius 1 is 1.10 bits per heavy atom. The maximum absolute atomic E-state index is 12.6. The van der Waals surface area contributed by atoms with E-state index in [0.717, 1.165) is 4.68 Å². The Morgan fingerprint density at radius 2 is 1.79 bits per heavy atom. The van der Waals surface area contributed by atoms with E-state index in [1.54, 1.807) is 12.1 Å². The number of aromatic nitrogens is 2. The smallest absolute Gasteiger partial charge is 0.358 e. The third kappa shape index (κ3) is 5.19. The molecule has 1 aromatic heterocycles. The molecular weight excluding hydrogens is 402 g/mol. The second-order valence-electron chi connectivity index (χ2n) is 6.15. The van der Waals surface area contributed by atoms with Crippen LogP contribution in [0.3, 0.4) is 0 Å². The fourth-order valence-electron chi connectivity index (χ4n) is 2.62. The van der Waals surface area contributed by atoms with Gasteiger partial charge in [0.05, 0.1) is 18.1 Å². The zero-order chi connectivity index (χ0) is 20.9. The number of morpholine rings is 1. The lowest BCUT2D eigenvalue weighted by molar-refractivity contribution is 0.0440. The van der Waals surface area contributed by atoms with Crippen LogP contribution in [0.1, 0.15) is 10.5 Å². The minimum absolute atomic E-state index is 0.0183. The lowest BCUT2D eigenvalue weighted by atomic mass is 10.3. The van der Waals surface area contributed by atoms with Gasteiger partial charge in [0, 0.05) is 26.2 Å². The Bertz CT molecular complexity index is 1010. The number of ether oxygens (including phenoxy) is 3. The van der Waals surface area contributed by atoms with Crippen LogP contribution in [0.25, 0.3) is 0 Å². The van der Waals surface area contributed by atoms with Crippen molar-refractivity contribution in [2.24, 2.45) is 7.05 Å². The first-order valence-electron chi connectivity index (χ1n) is 8.90. The average molecular weight is 423 g/mol. The van der Waals surface area contributed by atoms with Crippen molar-refractivity contribution in [3.63, 3.8) is 0 Å². The highest BCUT2D eigenvalue weighted by molar-refractivity contribution is 7.89. The lowest BCUT2D eigenvalue weighted by Crippen LogP contribution is -2.40. The SMILES string of the molecule is Cn1nc(C(=O)OCCOc2ccc(S(=O)(=O)N3CCOCC3)cc2)ccc1=O. The first-order chi connectivity index (χ1) is 13.9. The van der Waals surface area contributed by atoms with Crippen LogP contribution in [0.2, 0.25) is 0 Å². The van der Waals surface area contributed by atoms with Crippen LogP contribution in [0.5, 0.6) is 5.75 Å². The van der Waals surface area contributed by atoms with Crippen molar-refractivity contribution in [2.45, 2.75) is 4.90 Å². The van der Waals surface area contributed by atoms with E-state index in [4.69, 9.17) is 14.2 Å². The van der Waals surface area contributed by atoms with Crippen LogP contribution in [0.4, 0.5) is 0 Å². The lowest BCUT2D eigenvalue weighted by Gasteiger charge is -2.26. The summed E-state index contributed by atoms with van der Waals surface area (Å²) in [7, 11) is -2.12. The van der Waals surface area contributed by atoms with E-state index in [1.165, 1.54) is 35.6 Å². The fourth-order valence-corrected chi connectivity index (χ4v) is 4.03. The van der Waals surface area contributed by atoms with Gasteiger partial charge in [0.25, 0.3) is 5.56 Å². The van der Waals surface area contributed by atoms with Gasteiger partial charge in [-0.1, -0.05) is 0 Å². The molecule has 2 aromatic rings. The number of sulfonamides is 1. The zero-order valence-corrected chi connectivity index (χ0v) is 16.6. The third-order valence-electron chi connectivity index (χ3n) is 4.19. The van der Waals surface area contributed by atoms with Gasteiger partial charge in [-0.05, 0) is 30.3 Å². The molecule has 10 nitrogen and oxygen atoms in total. The molecule has 0 saturated carbocycles. The molecule has 0 spiro atoms. The first kappa shape index (κ1) is 21.0. The van der Waals surface area contributed by atoms with Crippen molar-refractivity contribution >= 4 is 16.0 Å². The van der Waals surface area contributed by atoms with Crippen molar-refractivity contribution in [1.29, 1.82) is 0 Å². The standard InChI is InChI=1S/C18H21N3O7S/c1-20-17(22)7-6-16(19-20)18(23)28-13-12-27-14-2-4-15(5-3-14)29(24,25)21-8-10-26-11-9-21/h2-7H,8-13H2,1H3. The van der Waals surface area contributed by atoms with Gasteiger partial charge >= 0.3 is 5.97 Å². The van der Waals surface area contributed by atoms with Crippen LogP contribution in [0, 0.1) is 0 Å². The second-order valence-corrected chi connectivity index (χ2v) is 8.09. The topological polar surface area (TPSA) is 117 Å². The van der Waals surface area contributed by atoms with E-state index in [-0.39, 0.29) is 29.4 Å². The summed E-state index contributed by atoms with van der Waals surface area (Å²) in [6, 6.07) is 8.56. The Hall–Kier alpha value is -2.76. The summed E-state index contributed by atoms with van der Waals surface area (Å²) in [6.45, 7) is 1.47. The molecule has 156 valence electrons. The van der Waals surface area contributed by atoms with Gasteiger partial charge in [-0.15, -0.1) is 0 Å². The van der Waals surface area contributed by atoms with E-state index < -0.39 is 16.0 Å². The maximum Gasteiger partial charge on any atom is 0.358 e. The molecule has 2 heterocycles. The van der Waals surface area contributed by atoms with E-state index in [1.807, 2.05) is 0 Å². The molecule has 3 rings (SSSR count). The number of aryl methyl sites for hydroxylation is 1. The minimum Gasteiger partial charge on any atom is -0.490 e. The Labute approximate surface area is 167 Å². The number of hydrogen-bond acceptors (Lipinski definition) is 8. The van der Waals surface area contributed by atoms with Gasteiger partial charge in [0.2, 0.25) is 10.0 Å². The summed E-state index contributed by atoms with van der Waals surface area (Å²) >= 11 is 0. The van der Waals surface area contributed by atoms with Crippen molar-refractivity contribution in [3.05, 3.63) is 52.4 Å². The van der Waals surface area contributed by atoms with Crippen molar-refractivity contribution in [3.8, 4) is 5.75 Å². The number of hydrogen-bond donors (Lipinski definition) is 0. The number of esters is 1. The predicted molar refractivity (Wildman–Crippen MR) is 101 cm³/mol. The second kappa shape index (κ2) is 9.16. The molecule has 11 heteroatoms. The molecule has 29 heavy (non-hydrogen) atoms. The highest BCUT2D eigenvalue weighted by atomic mass is 32.2. The average Bonchev–Trinajstić information content (AvgIpc) is 2.74. The van der Waals surface area contributed by atoms with Gasteiger partial charge in [-0.3, -0.25) is 4.79 Å². The first-order valence-corrected chi connectivity index (χ1v) is 10.3. The number of carbonyl (C=O) groups excluding carboxylic acids is 1. The van der Waals surface area contributed by atoms with Gasteiger partial charge in [-0.2, -0.15) is 9.40 Å². The van der Waals surface area contributed by atoms with Crippen LogP contribution in [-0.4, -0.2) is 68.0 Å². The van der Waals surface area contributed by atoms with E-state index in [2.05, 4.69) is 5.10 Å². The molecule has 1 aliphatic rings. The monoisotopic (exact) mass is 423 g/mol. The number of carbonyl (C=O) groups is 1. The Morgan fingerprint density at radius 3 is 2.45 bits per heavy atom. The Balaban J connectivity index is 1.49. The Kier molecular flexibility index (Phi) is 6.62.